The largest absolute Gasteiger partial charge is 0.458 e. The van der Waals surface area contributed by atoms with E-state index in [1.54, 1.807) is 20.8 Å². The molecule has 8 atom stereocenters. The Morgan fingerprint density at radius 3 is 2.59 bits per heavy atom. The molecule has 3 saturated heterocycles. The van der Waals surface area contributed by atoms with E-state index in [1.807, 2.05) is 0 Å². The normalized spacial score (nSPS) is 60.7. The van der Waals surface area contributed by atoms with Crippen LogP contribution >= 0.6 is 0 Å². The zero-order valence-corrected chi connectivity index (χ0v) is 12.5. The number of carbonyl (C=O) groups excluding carboxylic acids is 2. The number of ether oxygens (including phenoxy) is 3. The molecule has 0 radical (unpaired) electrons. The smallest absolute Gasteiger partial charge is 0.342 e. The van der Waals surface area contributed by atoms with Crippen molar-refractivity contribution in [1.29, 1.82) is 0 Å². The number of hydrogen-bond acceptors (Lipinski definition) is 7. The van der Waals surface area contributed by atoms with Crippen LogP contribution in [-0.2, 0) is 23.8 Å². The van der Waals surface area contributed by atoms with E-state index in [0.29, 0.717) is 0 Å². The summed E-state index contributed by atoms with van der Waals surface area (Å²) in [5.41, 5.74) is -4.89. The summed E-state index contributed by atoms with van der Waals surface area (Å²) in [6.07, 6.45) is -1.78. The fourth-order valence-electron chi connectivity index (χ4n) is 5.83. The molecule has 120 valence electrons. The van der Waals surface area contributed by atoms with Crippen molar-refractivity contribution in [1.82, 2.24) is 0 Å². The molecule has 0 aromatic rings. The second-order valence-corrected chi connectivity index (χ2v) is 8.06. The lowest BCUT2D eigenvalue weighted by Gasteiger charge is -2.53. The van der Waals surface area contributed by atoms with Crippen LogP contribution in [-0.4, -0.2) is 57.3 Å². The lowest BCUT2D eigenvalue weighted by Crippen LogP contribution is -2.68. The molecule has 2 N–H and O–H groups in total. The van der Waals surface area contributed by atoms with Gasteiger partial charge in [0.1, 0.15) is 12.2 Å². The molecule has 0 aromatic heterocycles. The van der Waals surface area contributed by atoms with Crippen molar-refractivity contribution < 1.29 is 34.0 Å². The SMILES string of the molecule is CC(C)(O)[C@H]1[C@@H]2OC(=O)[C@@H]1[C@]1(O)C[C@H]3O[C@@]34C(=O)O[C@H]2[C@@]14C. The van der Waals surface area contributed by atoms with Gasteiger partial charge >= 0.3 is 11.9 Å². The predicted molar refractivity (Wildman–Crippen MR) is 68.3 cm³/mol. The number of aliphatic hydroxyl groups is 2. The van der Waals surface area contributed by atoms with Gasteiger partial charge in [0.05, 0.1) is 22.5 Å². The third-order valence-electron chi connectivity index (χ3n) is 6.85. The summed E-state index contributed by atoms with van der Waals surface area (Å²) in [7, 11) is 0. The van der Waals surface area contributed by atoms with Crippen molar-refractivity contribution in [2.24, 2.45) is 17.3 Å². The zero-order chi connectivity index (χ0) is 15.9. The maximum atomic E-state index is 12.4. The minimum Gasteiger partial charge on any atom is -0.458 e. The fourth-order valence-corrected chi connectivity index (χ4v) is 5.83. The Morgan fingerprint density at radius 1 is 1.27 bits per heavy atom. The van der Waals surface area contributed by atoms with Crippen molar-refractivity contribution in [3.05, 3.63) is 0 Å². The van der Waals surface area contributed by atoms with Gasteiger partial charge in [0.2, 0.25) is 5.60 Å². The lowest BCUT2D eigenvalue weighted by atomic mass is 9.52. The van der Waals surface area contributed by atoms with E-state index in [-0.39, 0.29) is 6.42 Å². The summed E-state index contributed by atoms with van der Waals surface area (Å²) in [5, 5.41) is 21.9. The molecule has 3 aliphatic heterocycles. The quantitative estimate of drug-likeness (QED) is 0.479. The van der Waals surface area contributed by atoms with Gasteiger partial charge < -0.3 is 24.4 Å². The van der Waals surface area contributed by atoms with Crippen LogP contribution < -0.4 is 0 Å². The molecule has 22 heavy (non-hydrogen) atoms. The van der Waals surface area contributed by atoms with Crippen LogP contribution in [0.3, 0.4) is 0 Å². The molecule has 2 aliphatic carbocycles. The van der Waals surface area contributed by atoms with E-state index in [2.05, 4.69) is 0 Å². The Morgan fingerprint density at radius 2 is 1.95 bits per heavy atom. The molecule has 2 bridgehead atoms. The molecule has 0 amide bonds. The van der Waals surface area contributed by atoms with E-state index in [9.17, 15) is 19.8 Å². The lowest BCUT2D eigenvalue weighted by molar-refractivity contribution is -0.223. The van der Waals surface area contributed by atoms with Gasteiger partial charge in [0, 0.05) is 12.3 Å². The first-order chi connectivity index (χ1) is 10.1. The number of epoxide rings is 1. The number of fused-ring (bicyclic) bond motifs is 4. The molecular weight excluding hydrogens is 292 g/mol. The van der Waals surface area contributed by atoms with Gasteiger partial charge in [-0.15, -0.1) is 0 Å². The van der Waals surface area contributed by atoms with Crippen molar-refractivity contribution in [2.45, 2.75) is 62.3 Å². The molecule has 3 heterocycles. The molecule has 2 saturated carbocycles. The Labute approximate surface area is 126 Å². The summed E-state index contributed by atoms with van der Waals surface area (Å²) < 4.78 is 16.5. The van der Waals surface area contributed by atoms with Crippen molar-refractivity contribution >= 4 is 11.9 Å². The van der Waals surface area contributed by atoms with E-state index in [0.717, 1.165) is 0 Å². The third kappa shape index (κ3) is 0.962. The van der Waals surface area contributed by atoms with E-state index < -0.39 is 64.3 Å². The molecule has 5 rings (SSSR count). The van der Waals surface area contributed by atoms with Gasteiger partial charge in [-0.2, -0.15) is 0 Å². The minimum absolute atomic E-state index is 0.189. The summed E-state index contributed by atoms with van der Waals surface area (Å²) in [6.45, 7) is 4.92. The van der Waals surface area contributed by atoms with E-state index in [4.69, 9.17) is 14.2 Å². The van der Waals surface area contributed by atoms with Crippen LogP contribution in [0.1, 0.15) is 27.2 Å². The first kappa shape index (κ1) is 13.3. The van der Waals surface area contributed by atoms with Gasteiger partial charge in [-0.25, -0.2) is 4.79 Å². The summed E-state index contributed by atoms with van der Waals surface area (Å²) in [6, 6.07) is 0. The molecule has 0 aromatic carbocycles. The average molecular weight is 310 g/mol. The highest BCUT2D eigenvalue weighted by molar-refractivity contribution is 5.91. The monoisotopic (exact) mass is 310 g/mol. The topological polar surface area (TPSA) is 106 Å². The Balaban J connectivity index is 1.76. The van der Waals surface area contributed by atoms with Crippen LogP contribution in [0.5, 0.6) is 0 Å². The van der Waals surface area contributed by atoms with Gasteiger partial charge in [-0.3, -0.25) is 4.79 Å². The first-order valence-electron chi connectivity index (χ1n) is 7.63. The molecule has 0 unspecified atom stereocenters. The number of rotatable bonds is 1. The highest BCUT2D eigenvalue weighted by Gasteiger charge is 2.95. The summed E-state index contributed by atoms with van der Waals surface area (Å²) >= 11 is 0. The third-order valence-corrected chi connectivity index (χ3v) is 6.85. The molecule has 5 aliphatic rings. The highest BCUT2D eigenvalue weighted by atomic mass is 16.7. The van der Waals surface area contributed by atoms with Crippen LogP contribution in [0.25, 0.3) is 0 Å². The predicted octanol–water partition coefficient (Wildman–Crippen LogP) is -0.867. The van der Waals surface area contributed by atoms with Gasteiger partial charge in [-0.05, 0) is 20.8 Å². The standard InChI is InChI=1S/C15H18O7/c1-12(2,18)6-7-10(16)20-8(6)9-13(3)14(7,19)4-5-15(13,22-5)11(17)21-9/h5-9,18-19H,4H2,1-3H3/t5-,6-,7-,8+,9-,13+,14-,15-/m1/s1. The number of carbonyl (C=O) groups is 2. The maximum Gasteiger partial charge on any atom is 0.342 e. The molecular formula is C15H18O7. The average Bonchev–Trinajstić information content (AvgIpc) is 2.85. The van der Waals surface area contributed by atoms with Crippen molar-refractivity contribution in [3.63, 3.8) is 0 Å². The molecule has 7 heteroatoms. The summed E-state index contributed by atoms with van der Waals surface area (Å²) in [4.78, 5) is 24.8. The Hall–Kier alpha value is -1.18. The van der Waals surface area contributed by atoms with Crippen molar-refractivity contribution in [3.8, 4) is 0 Å². The number of esters is 2. The van der Waals surface area contributed by atoms with Crippen LogP contribution in [0, 0.1) is 17.3 Å². The van der Waals surface area contributed by atoms with Gasteiger partial charge in [-0.1, -0.05) is 0 Å². The van der Waals surface area contributed by atoms with Crippen LogP contribution in [0.15, 0.2) is 0 Å². The maximum absolute atomic E-state index is 12.4. The van der Waals surface area contributed by atoms with Crippen molar-refractivity contribution in [2.75, 3.05) is 0 Å². The highest BCUT2D eigenvalue weighted by Crippen LogP contribution is 2.77. The van der Waals surface area contributed by atoms with Gasteiger partial charge in [0.25, 0.3) is 0 Å². The van der Waals surface area contributed by atoms with E-state index >= 15 is 0 Å². The van der Waals surface area contributed by atoms with E-state index in [1.165, 1.54) is 0 Å². The van der Waals surface area contributed by atoms with Gasteiger partial charge in [0.15, 0.2) is 6.10 Å². The molecule has 7 nitrogen and oxygen atoms in total. The number of hydrogen-bond donors (Lipinski definition) is 2. The zero-order valence-electron chi connectivity index (χ0n) is 12.5. The Kier molecular flexibility index (Phi) is 1.85. The van der Waals surface area contributed by atoms with Crippen LogP contribution in [0.4, 0.5) is 0 Å². The van der Waals surface area contributed by atoms with Crippen LogP contribution in [0.2, 0.25) is 0 Å². The summed E-state index contributed by atoms with van der Waals surface area (Å²) in [5.74, 6) is -2.51. The Bertz CT molecular complexity index is 638. The first-order valence-corrected chi connectivity index (χ1v) is 7.63. The second-order valence-electron chi connectivity index (χ2n) is 8.06. The molecule has 1 spiro atoms. The second kappa shape index (κ2) is 3.07. The fraction of sp³-hybridized carbons (Fsp3) is 0.867. The minimum atomic E-state index is -1.47. The molecule has 5 fully saturated rings.